The number of aliphatic carboxylic acids is 1. The van der Waals surface area contributed by atoms with Gasteiger partial charge in [-0.25, -0.2) is 4.79 Å². The zero-order chi connectivity index (χ0) is 21.4. The molecule has 2 N–H and O–H groups in total. The predicted octanol–water partition coefficient (Wildman–Crippen LogP) is 4.36. The maximum Gasteiger partial charge on any atom is 0.352 e. The third kappa shape index (κ3) is 7.33. The van der Waals surface area contributed by atoms with E-state index in [9.17, 15) is 14.7 Å². The molecule has 6 nitrogen and oxygen atoms in total. The molecule has 154 valence electrons. The summed E-state index contributed by atoms with van der Waals surface area (Å²) in [5, 5.41) is 11.9. The molecule has 0 fully saturated rings. The second-order valence-corrected chi connectivity index (χ2v) is 7.28. The lowest BCUT2D eigenvalue weighted by Crippen LogP contribution is -2.27. The Morgan fingerprint density at radius 3 is 2.07 bits per heavy atom. The molecule has 2 rings (SSSR count). The molecule has 0 radical (unpaired) electrons. The van der Waals surface area contributed by atoms with Crippen molar-refractivity contribution in [2.24, 2.45) is 5.92 Å². The van der Waals surface area contributed by atoms with Crippen LogP contribution in [0.2, 0.25) is 0 Å². The fraction of sp³-hybridized carbons (Fsp3) is 0.304. The minimum Gasteiger partial charge on any atom is -0.493 e. The van der Waals surface area contributed by atoms with Crippen LogP contribution < -0.4 is 14.8 Å². The molecule has 0 aliphatic heterocycles. The standard InChI is InChI=1S/C23H27NO5/c1-15(2)14-28-19-11-7-18(8-12-19)22(25)24-21(23(26)27)13-17-5-9-20(10-6-17)29-16(3)4/h5-13,15-16H,14H2,1-4H3,(H,24,25)(H,26,27)/b21-13-. The molecule has 0 unspecified atom stereocenters. The number of hydrogen-bond donors (Lipinski definition) is 2. The van der Waals surface area contributed by atoms with Crippen LogP contribution in [0.4, 0.5) is 0 Å². The Kier molecular flexibility index (Phi) is 7.83. The maximum absolute atomic E-state index is 12.4. The van der Waals surface area contributed by atoms with E-state index in [4.69, 9.17) is 9.47 Å². The molecule has 0 saturated heterocycles. The van der Waals surface area contributed by atoms with Crippen molar-refractivity contribution >= 4 is 18.0 Å². The highest BCUT2D eigenvalue weighted by Gasteiger charge is 2.14. The summed E-state index contributed by atoms with van der Waals surface area (Å²) in [4.78, 5) is 24.0. The smallest absolute Gasteiger partial charge is 0.352 e. The summed E-state index contributed by atoms with van der Waals surface area (Å²) < 4.78 is 11.2. The van der Waals surface area contributed by atoms with Gasteiger partial charge in [0, 0.05) is 5.56 Å². The molecule has 2 aromatic rings. The number of rotatable bonds is 9. The highest BCUT2D eigenvalue weighted by Crippen LogP contribution is 2.17. The number of hydrogen-bond acceptors (Lipinski definition) is 4. The van der Waals surface area contributed by atoms with E-state index >= 15 is 0 Å². The first kappa shape index (κ1) is 22.0. The zero-order valence-electron chi connectivity index (χ0n) is 17.1. The van der Waals surface area contributed by atoms with Gasteiger partial charge in [0.2, 0.25) is 0 Å². The van der Waals surface area contributed by atoms with E-state index in [1.165, 1.54) is 6.08 Å². The van der Waals surface area contributed by atoms with Crippen molar-refractivity contribution in [2.45, 2.75) is 33.8 Å². The van der Waals surface area contributed by atoms with Crippen LogP contribution >= 0.6 is 0 Å². The summed E-state index contributed by atoms with van der Waals surface area (Å²) in [5.74, 6) is 0.0181. The first-order valence-electron chi connectivity index (χ1n) is 9.50. The van der Waals surface area contributed by atoms with E-state index in [1.807, 2.05) is 27.7 Å². The minimum atomic E-state index is -1.22. The Bertz CT molecular complexity index is 852. The predicted molar refractivity (Wildman–Crippen MR) is 112 cm³/mol. The van der Waals surface area contributed by atoms with Crippen molar-refractivity contribution < 1.29 is 24.2 Å². The number of carbonyl (C=O) groups is 2. The average Bonchev–Trinajstić information content (AvgIpc) is 2.67. The van der Waals surface area contributed by atoms with E-state index in [2.05, 4.69) is 5.32 Å². The van der Waals surface area contributed by atoms with E-state index in [1.54, 1.807) is 48.5 Å². The van der Waals surface area contributed by atoms with Gasteiger partial charge in [0.25, 0.3) is 5.91 Å². The molecule has 0 saturated carbocycles. The molecular weight excluding hydrogens is 370 g/mol. The van der Waals surface area contributed by atoms with Gasteiger partial charge in [-0.05, 0) is 67.8 Å². The summed E-state index contributed by atoms with van der Waals surface area (Å²) in [6.07, 6.45) is 1.45. The molecule has 0 heterocycles. The molecule has 2 aromatic carbocycles. The first-order chi connectivity index (χ1) is 13.7. The van der Waals surface area contributed by atoms with Crippen LogP contribution in [0.25, 0.3) is 6.08 Å². The van der Waals surface area contributed by atoms with Crippen molar-refractivity contribution in [3.05, 3.63) is 65.4 Å². The van der Waals surface area contributed by atoms with Gasteiger partial charge >= 0.3 is 5.97 Å². The molecule has 1 amide bonds. The summed E-state index contributed by atoms with van der Waals surface area (Å²) in [6.45, 7) is 8.53. The Hall–Kier alpha value is -3.28. The third-order valence-electron chi connectivity index (χ3n) is 3.74. The largest absolute Gasteiger partial charge is 0.493 e. The molecule has 0 aromatic heterocycles. The second-order valence-electron chi connectivity index (χ2n) is 7.28. The minimum absolute atomic E-state index is 0.0485. The molecular formula is C23H27NO5. The van der Waals surface area contributed by atoms with Crippen LogP contribution in [0.1, 0.15) is 43.6 Å². The Labute approximate surface area is 171 Å². The average molecular weight is 397 g/mol. The SMILES string of the molecule is CC(C)COc1ccc(C(=O)N/C(=C\c2ccc(OC(C)C)cc2)C(=O)O)cc1. The second kappa shape index (κ2) is 10.3. The Morgan fingerprint density at radius 2 is 1.55 bits per heavy atom. The van der Waals surface area contributed by atoms with Crippen molar-refractivity contribution in [1.82, 2.24) is 5.32 Å². The van der Waals surface area contributed by atoms with E-state index < -0.39 is 11.9 Å². The highest BCUT2D eigenvalue weighted by molar-refractivity contribution is 6.02. The van der Waals surface area contributed by atoms with Gasteiger partial charge in [-0.15, -0.1) is 0 Å². The van der Waals surface area contributed by atoms with Crippen molar-refractivity contribution in [3.8, 4) is 11.5 Å². The van der Waals surface area contributed by atoms with Crippen molar-refractivity contribution in [1.29, 1.82) is 0 Å². The van der Waals surface area contributed by atoms with Crippen LogP contribution in [0.5, 0.6) is 11.5 Å². The van der Waals surface area contributed by atoms with Gasteiger partial charge in [-0.3, -0.25) is 4.79 Å². The van der Waals surface area contributed by atoms with Crippen LogP contribution in [0, 0.1) is 5.92 Å². The topological polar surface area (TPSA) is 84.9 Å². The summed E-state index contributed by atoms with van der Waals surface area (Å²) in [6, 6.07) is 13.5. The lowest BCUT2D eigenvalue weighted by molar-refractivity contribution is -0.132. The van der Waals surface area contributed by atoms with Gasteiger partial charge < -0.3 is 19.9 Å². The normalized spacial score (nSPS) is 11.4. The first-order valence-corrected chi connectivity index (χ1v) is 9.50. The molecule has 0 spiro atoms. The van der Waals surface area contributed by atoms with Crippen LogP contribution in [-0.4, -0.2) is 29.7 Å². The zero-order valence-corrected chi connectivity index (χ0v) is 17.1. The van der Waals surface area contributed by atoms with E-state index in [0.29, 0.717) is 35.2 Å². The van der Waals surface area contributed by atoms with E-state index in [-0.39, 0.29) is 11.8 Å². The van der Waals surface area contributed by atoms with E-state index in [0.717, 1.165) is 0 Å². The van der Waals surface area contributed by atoms with Gasteiger partial charge in [0.15, 0.2) is 0 Å². The summed E-state index contributed by atoms with van der Waals surface area (Å²) in [7, 11) is 0. The third-order valence-corrected chi connectivity index (χ3v) is 3.74. The van der Waals surface area contributed by atoms with Crippen molar-refractivity contribution in [2.75, 3.05) is 6.61 Å². The molecule has 0 atom stereocenters. The lowest BCUT2D eigenvalue weighted by Gasteiger charge is -2.10. The Balaban J connectivity index is 2.08. The monoisotopic (exact) mass is 397 g/mol. The number of benzene rings is 2. The van der Waals surface area contributed by atoms with Gasteiger partial charge in [-0.1, -0.05) is 26.0 Å². The van der Waals surface area contributed by atoms with Gasteiger partial charge in [0.05, 0.1) is 12.7 Å². The van der Waals surface area contributed by atoms with Crippen LogP contribution in [0.3, 0.4) is 0 Å². The lowest BCUT2D eigenvalue weighted by atomic mass is 10.1. The van der Waals surface area contributed by atoms with Gasteiger partial charge in [0.1, 0.15) is 17.2 Å². The van der Waals surface area contributed by atoms with Crippen LogP contribution in [0.15, 0.2) is 54.2 Å². The maximum atomic E-state index is 12.4. The quantitative estimate of drug-likeness (QED) is 0.614. The summed E-state index contributed by atoms with van der Waals surface area (Å²) in [5.41, 5.74) is 0.763. The number of carboxylic acids is 1. The molecule has 0 aliphatic rings. The Morgan fingerprint density at radius 1 is 0.966 bits per heavy atom. The fourth-order valence-corrected chi connectivity index (χ4v) is 2.39. The van der Waals surface area contributed by atoms with Crippen LogP contribution in [-0.2, 0) is 4.79 Å². The number of nitrogens with one attached hydrogen (secondary N) is 1. The number of ether oxygens (including phenoxy) is 2. The number of carbonyl (C=O) groups excluding carboxylic acids is 1. The number of amides is 1. The number of carboxylic acid groups (broad SMARTS) is 1. The van der Waals surface area contributed by atoms with Crippen molar-refractivity contribution in [3.63, 3.8) is 0 Å². The van der Waals surface area contributed by atoms with Gasteiger partial charge in [-0.2, -0.15) is 0 Å². The molecule has 0 bridgehead atoms. The molecule has 6 heteroatoms. The molecule has 0 aliphatic carbocycles. The molecule has 29 heavy (non-hydrogen) atoms. The summed E-state index contributed by atoms with van der Waals surface area (Å²) >= 11 is 0. The fourth-order valence-electron chi connectivity index (χ4n) is 2.39. The highest BCUT2D eigenvalue weighted by atomic mass is 16.5.